The first-order valence-corrected chi connectivity index (χ1v) is 7.65. The molecule has 2 aromatic heterocycles. The Hall–Kier alpha value is -2.31. The Morgan fingerprint density at radius 3 is 3.05 bits per heavy atom. The molecule has 0 aromatic carbocycles. The molecule has 0 spiro atoms. The molecule has 1 saturated carbocycles. The van der Waals surface area contributed by atoms with Gasteiger partial charge in [0, 0.05) is 19.2 Å². The Morgan fingerprint density at radius 2 is 2.36 bits per heavy atom. The highest BCUT2D eigenvalue weighted by atomic mass is 16.1. The molecule has 1 amide bonds. The number of hydrogen-bond acceptors (Lipinski definition) is 5. The van der Waals surface area contributed by atoms with Gasteiger partial charge < -0.3 is 5.32 Å². The molecule has 1 aliphatic carbocycles. The summed E-state index contributed by atoms with van der Waals surface area (Å²) in [5.74, 6) is 0.589. The van der Waals surface area contributed by atoms with Crippen molar-refractivity contribution in [1.29, 1.82) is 0 Å². The van der Waals surface area contributed by atoms with Crippen LogP contribution in [0.25, 0.3) is 0 Å². The number of pyridine rings is 1. The average Bonchev–Trinajstić information content (AvgIpc) is 3.21. The standard InChI is InChI=1S/C15H20N6O/c1-11-6-7-16-13(9-11)15(12-4-5-12)18-14(22)3-2-8-21-10-17-19-20-21/h6-7,9-10,12,15H,2-5,8H2,1H3,(H,18,22)/t15-/m0/s1. The first-order valence-electron chi connectivity index (χ1n) is 7.65. The van der Waals surface area contributed by atoms with Crippen molar-refractivity contribution in [3.63, 3.8) is 0 Å². The maximum Gasteiger partial charge on any atom is 0.220 e. The molecule has 1 fully saturated rings. The summed E-state index contributed by atoms with van der Waals surface area (Å²) in [6.45, 7) is 2.69. The molecule has 1 aliphatic rings. The number of tetrazole rings is 1. The van der Waals surface area contributed by atoms with Gasteiger partial charge in [0.05, 0.1) is 11.7 Å². The summed E-state index contributed by atoms with van der Waals surface area (Å²) >= 11 is 0. The van der Waals surface area contributed by atoms with Gasteiger partial charge >= 0.3 is 0 Å². The van der Waals surface area contributed by atoms with Crippen molar-refractivity contribution in [3.05, 3.63) is 35.9 Å². The summed E-state index contributed by atoms with van der Waals surface area (Å²) in [7, 11) is 0. The third-order valence-electron chi connectivity index (χ3n) is 3.85. The molecule has 22 heavy (non-hydrogen) atoms. The van der Waals surface area contributed by atoms with Crippen molar-refractivity contribution in [2.45, 2.75) is 45.2 Å². The number of aromatic nitrogens is 5. The number of aryl methyl sites for hydroxylation is 2. The van der Waals surface area contributed by atoms with E-state index in [1.807, 2.05) is 19.2 Å². The highest BCUT2D eigenvalue weighted by molar-refractivity contribution is 5.76. The van der Waals surface area contributed by atoms with E-state index in [-0.39, 0.29) is 11.9 Å². The van der Waals surface area contributed by atoms with Crippen LogP contribution in [0.2, 0.25) is 0 Å². The van der Waals surface area contributed by atoms with E-state index < -0.39 is 0 Å². The van der Waals surface area contributed by atoms with Gasteiger partial charge in [0.25, 0.3) is 0 Å². The lowest BCUT2D eigenvalue weighted by Crippen LogP contribution is -2.30. The number of carbonyl (C=O) groups excluding carboxylic acids is 1. The van der Waals surface area contributed by atoms with Gasteiger partial charge in [-0.05, 0) is 60.2 Å². The fourth-order valence-electron chi connectivity index (χ4n) is 2.52. The molecule has 7 nitrogen and oxygen atoms in total. The quantitative estimate of drug-likeness (QED) is 0.836. The van der Waals surface area contributed by atoms with Gasteiger partial charge in [-0.2, -0.15) is 0 Å². The van der Waals surface area contributed by atoms with E-state index in [2.05, 4.69) is 31.9 Å². The second-order valence-corrected chi connectivity index (χ2v) is 5.82. The predicted molar refractivity (Wildman–Crippen MR) is 79.6 cm³/mol. The fourth-order valence-corrected chi connectivity index (χ4v) is 2.52. The molecule has 2 heterocycles. The van der Waals surface area contributed by atoms with Crippen molar-refractivity contribution in [3.8, 4) is 0 Å². The lowest BCUT2D eigenvalue weighted by molar-refractivity contribution is -0.122. The zero-order valence-corrected chi connectivity index (χ0v) is 12.6. The van der Waals surface area contributed by atoms with E-state index in [4.69, 9.17) is 0 Å². The van der Waals surface area contributed by atoms with Gasteiger partial charge in [-0.3, -0.25) is 9.78 Å². The van der Waals surface area contributed by atoms with E-state index in [9.17, 15) is 4.79 Å². The molecule has 0 unspecified atom stereocenters. The van der Waals surface area contributed by atoms with Crippen molar-refractivity contribution in [1.82, 2.24) is 30.5 Å². The van der Waals surface area contributed by atoms with E-state index in [1.165, 1.54) is 5.56 Å². The molecule has 0 aliphatic heterocycles. The van der Waals surface area contributed by atoms with E-state index in [1.54, 1.807) is 11.0 Å². The van der Waals surface area contributed by atoms with Crippen LogP contribution in [0.4, 0.5) is 0 Å². The van der Waals surface area contributed by atoms with Crippen molar-refractivity contribution < 1.29 is 4.79 Å². The van der Waals surface area contributed by atoms with Crippen LogP contribution in [-0.4, -0.2) is 31.1 Å². The van der Waals surface area contributed by atoms with Crippen LogP contribution in [0.5, 0.6) is 0 Å². The Kier molecular flexibility index (Phi) is 4.41. The maximum atomic E-state index is 12.2. The van der Waals surface area contributed by atoms with Crippen molar-refractivity contribution >= 4 is 5.91 Å². The molecular weight excluding hydrogens is 280 g/mol. The zero-order valence-electron chi connectivity index (χ0n) is 12.6. The van der Waals surface area contributed by atoms with E-state index in [0.717, 1.165) is 25.0 Å². The van der Waals surface area contributed by atoms with Crippen LogP contribution in [0.3, 0.4) is 0 Å². The van der Waals surface area contributed by atoms with Crippen molar-refractivity contribution in [2.75, 3.05) is 0 Å². The molecule has 1 atom stereocenters. The highest BCUT2D eigenvalue weighted by Crippen LogP contribution is 2.40. The molecule has 1 N–H and O–H groups in total. The van der Waals surface area contributed by atoms with Crippen LogP contribution in [0, 0.1) is 12.8 Å². The second-order valence-electron chi connectivity index (χ2n) is 5.82. The van der Waals surface area contributed by atoms with Crippen LogP contribution in [0.15, 0.2) is 24.7 Å². The molecule has 2 aromatic rings. The van der Waals surface area contributed by atoms with Gasteiger partial charge in [-0.25, -0.2) is 4.68 Å². The summed E-state index contributed by atoms with van der Waals surface area (Å²) in [4.78, 5) is 16.6. The smallest absolute Gasteiger partial charge is 0.220 e. The molecule has 116 valence electrons. The second kappa shape index (κ2) is 6.64. The van der Waals surface area contributed by atoms with Crippen LogP contribution < -0.4 is 5.32 Å². The number of nitrogens with zero attached hydrogens (tertiary/aromatic N) is 5. The summed E-state index contributed by atoms with van der Waals surface area (Å²) in [6.07, 6.45) is 6.87. The SMILES string of the molecule is Cc1ccnc([C@@H](NC(=O)CCCn2cnnn2)C2CC2)c1. The molecule has 7 heteroatoms. The zero-order chi connectivity index (χ0) is 15.4. The third kappa shape index (κ3) is 3.87. The van der Waals surface area contributed by atoms with Gasteiger partial charge in [-0.1, -0.05) is 0 Å². The Morgan fingerprint density at radius 1 is 1.50 bits per heavy atom. The molecule has 3 rings (SSSR count). The predicted octanol–water partition coefficient (Wildman–Crippen LogP) is 1.42. The number of rotatable bonds is 7. The topological polar surface area (TPSA) is 85.6 Å². The summed E-state index contributed by atoms with van der Waals surface area (Å²) in [6, 6.07) is 4.08. The average molecular weight is 300 g/mol. The number of hydrogen-bond donors (Lipinski definition) is 1. The molecule has 0 bridgehead atoms. The maximum absolute atomic E-state index is 12.2. The lowest BCUT2D eigenvalue weighted by Gasteiger charge is -2.18. The Balaban J connectivity index is 1.53. The number of nitrogens with one attached hydrogen (secondary N) is 1. The molecular formula is C15H20N6O. The minimum Gasteiger partial charge on any atom is -0.347 e. The summed E-state index contributed by atoms with van der Waals surface area (Å²) in [5.41, 5.74) is 2.14. The van der Waals surface area contributed by atoms with Gasteiger partial charge in [-0.15, -0.1) is 5.10 Å². The van der Waals surface area contributed by atoms with Crippen LogP contribution in [0.1, 0.15) is 43.0 Å². The largest absolute Gasteiger partial charge is 0.347 e. The van der Waals surface area contributed by atoms with Crippen LogP contribution >= 0.6 is 0 Å². The first kappa shape index (κ1) is 14.6. The van der Waals surface area contributed by atoms with E-state index in [0.29, 0.717) is 18.9 Å². The highest BCUT2D eigenvalue weighted by Gasteiger charge is 2.34. The van der Waals surface area contributed by atoms with Gasteiger partial charge in [0.1, 0.15) is 6.33 Å². The number of carbonyl (C=O) groups is 1. The molecule has 0 radical (unpaired) electrons. The third-order valence-corrected chi connectivity index (χ3v) is 3.85. The summed E-state index contributed by atoms with van der Waals surface area (Å²) < 4.78 is 1.63. The van der Waals surface area contributed by atoms with Gasteiger partial charge in [0.2, 0.25) is 5.91 Å². The van der Waals surface area contributed by atoms with Gasteiger partial charge in [0.15, 0.2) is 0 Å². The first-order chi connectivity index (χ1) is 10.7. The minimum absolute atomic E-state index is 0.0421. The van der Waals surface area contributed by atoms with Crippen molar-refractivity contribution in [2.24, 2.45) is 5.92 Å². The van der Waals surface area contributed by atoms with E-state index >= 15 is 0 Å². The molecule has 0 saturated heterocycles. The van der Waals surface area contributed by atoms with Crippen LogP contribution in [-0.2, 0) is 11.3 Å². The summed E-state index contributed by atoms with van der Waals surface area (Å²) in [5, 5.41) is 14.1. The lowest BCUT2D eigenvalue weighted by atomic mass is 10.1. The monoisotopic (exact) mass is 300 g/mol. The normalized spacial score (nSPS) is 15.5. The fraction of sp³-hybridized carbons (Fsp3) is 0.533. The Bertz CT molecular complexity index is 623. The number of amides is 1. The minimum atomic E-state index is 0.0421. The Labute approximate surface area is 129 Å².